The Morgan fingerprint density at radius 3 is 2.58 bits per heavy atom. The van der Waals surface area contributed by atoms with Crippen LogP contribution in [0.25, 0.3) is 0 Å². The zero-order valence-electron chi connectivity index (χ0n) is 20.1. The molecule has 1 unspecified atom stereocenters. The zero-order valence-corrected chi connectivity index (χ0v) is 22.5. The summed E-state index contributed by atoms with van der Waals surface area (Å²) in [6, 6.07) is 14.2. The molecule has 1 atom stereocenters. The van der Waals surface area contributed by atoms with Gasteiger partial charge in [0.1, 0.15) is 6.61 Å². The molecular formula is C25H35IN6O. The van der Waals surface area contributed by atoms with E-state index in [9.17, 15) is 0 Å². The number of nitrogens with one attached hydrogen (secondary N) is 2. The fraction of sp³-hybridized carbons (Fsp3) is 0.400. The van der Waals surface area contributed by atoms with Crippen LogP contribution < -0.4 is 15.4 Å². The number of rotatable bonds is 9. The molecule has 0 spiro atoms. The fourth-order valence-corrected chi connectivity index (χ4v) is 3.55. The average molecular weight is 563 g/mol. The summed E-state index contributed by atoms with van der Waals surface area (Å²) in [6.45, 7) is 10.2. The number of aromatic nitrogens is 3. The van der Waals surface area contributed by atoms with Crippen molar-refractivity contribution < 1.29 is 4.74 Å². The Hall–Kier alpha value is -2.62. The highest BCUT2D eigenvalue weighted by molar-refractivity contribution is 14.0. The average Bonchev–Trinajstić information content (AvgIpc) is 3.03. The molecule has 0 saturated carbocycles. The van der Waals surface area contributed by atoms with Crippen LogP contribution in [0.4, 0.5) is 0 Å². The van der Waals surface area contributed by atoms with E-state index in [1.165, 1.54) is 11.3 Å². The van der Waals surface area contributed by atoms with Gasteiger partial charge in [0.05, 0.1) is 12.2 Å². The normalized spacial score (nSPS) is 12.1. The molecule has 0 fully saturated rings. The largest absolute Gasteiger partial charge is 0.473 e. The van der Waals surface area contributed by atoms with Crippen LogP contribution in [-0.2, 0) is 26.6 Å². The van der Waals surface area contributed by atoms with Crippen LogP contribution in [0.1, 0.15) is 41.9 Å². The highest BCUT2D eigenvalue weighted by Gasteiger charge is 2.14. The first-order chi connectivity index (χ1) is 15.5. The molecule has 0 bridgehead atoms. The second-order valence-electron chi connectivity index (χ2n) is 7.99. The molecule has 178 valence electrons. The molecule has 0 aliphatic heterocycles. The van der Waals surface area contributed by atoms with Crippen molar-refractivity contribution in [1.29, 1.82) is 0 Å². The first kappa shape index (κ1) is 26.6. The third-order valence-electron chi connectivity index (χ3n) is 5.35. The number of aliphatic imine (C=N–C) groups is 1. The number of guanidine groups is 1. The minimum atomic E-state index is 0. The van der Waals surface area contributed by atoms with Crippen LogP contribution in [0.2, 0.25) is 0 Å². The van der Waals surface area contributed by atoms with E-state index in [4.69, 9.17) is 9.73 Å². The summed E-state index contributed by atoms with van der Waals surface area (Å²) in [7, 11) is 1.99. The Morgan fingerprint density at radius 2 is 1.91 bits per heavy atom. The number of benzene rings is 1. The lowest BCUT2D eigenvalue weighted by Crippen LogP contribution is -2.43. The molecular weight excluding hydrogens is 527 g/mol. The summed E-state index contributed by atoms with van der Waals surface area (Å²) < 4.78 is 7.79. The summed E-state index contributed by atoms with van der Waals surface area (Å²) >= 11 is 0. The topological polar surface area (TPSA) is 76.4 Å². The number of halogens is 1. The van der Waals surface area contributed by atoms with E-state index in [1.807, 2.05) is 54.2 Å². The van der Waals surface area contributed by atoms with Gasteiger partial charge >= 0.3 is 0 Å². The van der Waals surface area contributed by atoms with Gasteiger partial charge in [0, 0.05) is 37.6 Å². The van der Waals surface area contributed by atoms with Crippen molar-refractivity contribution in [3.63, 3.8) is 0 Å². The monoisotopic (exact) mass is 562 g/mol. The molecule has 0 radical (unpaired) electrons. The van der Waals surface area contributed by atoms with Crippen molar-refractivity contribution in [1.82, 2.24) is 25.4 Å². The lowest BCUT2D eigenvalue weighted by Gasteiger charge is -2.18. The molecule has 1 aromatic carbocycles. The number of aryl methyl sites for hydroxylation is 2. The van der Waals surface area contributed by atoms with Gasteiger partial charge in [-0.3, -0.25) is 4.68 Å². The SMILES string of the molecule is CCNC(=NCc1ccnc(OCc2ccccc2)c1)NC(C)Cc1c(C)nn(C)c1C.I. The highest BCUT2D eigenvalue weighted by atomic mass is 127. The minimum Gasteiger partial charge on any atom is -0.473 e. The van der Waals surface area contributed by atoms with Gasteiger partial charge in [0.25, 0.3) is 0 Å². The predicted octanol–water partition coefficient (Wildman–Crippen LogP) is 4.32. The van der Waals surface area contributed by atoms with E-state index in [-0.39, 0.29) is 30.0 Å². The number of pyridine rings is 1. The van der Waals surface area contributed by atoms with Crippen LogP contribution in [-0.4, -0.2) is 33.3 Å². The first-order valence-electron chi connectivity index (χ1n) is 11.1. The molecule has 3 rings (SSSR count). The van der Waals surface area contributed by atoms with Crippen molar-refractivity contribution >= 4 is 29.9 Å². The molecule has 3 aromatic rings. The van der Waals surface area contributed by atoms with Gasteiger partial charge in [-0.1, -0.05) is 30.3 Å². The molecule has 8 heteroatoms. The summed E-state index contributed by atoms with van der Waals surface area (Å²) in [5.74, 6) is 1.40. The molecule has 0 saturated heterocycles. The van der Waals surface area contributed by atoms with Crippen molar-refractivity contribution in [3.8, 4) is 5.88 Å². The Morgan fingerprint density at radius 1 is 1.15 bits per heavy atom. The quantitative estimate of drug-likeness (QED) is 0.231. The van der Waals surface area contributed by atoms with E-state index in [2.05, 4.69) is 48.4 Å². The predicted molar refractivity (Wildman–Crippen MR) is 144 cm³/mol. The van der Waals surface area contributed by atoms with Gasteiger partial charge in [0.2, 0.25) is 5.88 Å². The third-order valence-corrected chi connectivity index (χ3v) is 5.35. The molecule has 2 aromatic heterocycles. The summed E-state index contributed by atoms with van der Waals surface area (Å²) in [5.41, 5.74) is 5.74. The van der Waals surface area contributed by atoms with Crippen LogP contribution in [0.5, 0.6) is 5.88 Å². The molecule has 0 aliphatic rings. The maximum Gasteiger partial charge on any atom is 0.213 e. The lowest BCUT2D eigenvalue weighted by atomic mass is 10.1. The van der Waals surface area contributed by atoms with Gasteiger partial charge in [-0.2, -0.15) is 5.10 Å². The third kappa shape index (κ3) is 8.03. The first-order valence-corrected chi connectivity index (χ1v) is 11.1. The fourth-order valence-electron chi connectivity index (χ4n) is 3.55. The molecule has 0 aliphatic carbocycles. The van der Waals surface area contributed by atoms with E-state index < -0.39 is 0 Å². The molecule has 33 heavy (non-hydrogen) atoms. The number of hydrogen-bond donors (Lipinski definition) is 2. The molecule has 2 N–H and O–H groups in total. The van der Waals surface area contributed by atoms with Gasteiger partial charge in [-0.15, -0.1) is 24.0 Å². The van der Waals surface area contributed by atoms with Crippen molar-refractivity contribution in [3.05, 3.63) is 76.7 Å². The van der Waals surface area contributed by atoms with Gasteiger partial charge in [-0.05, 0) is 56.9 Å². The van der Waals surface area contributed by atoms with E-state index in [0.29, 0.717) is 19.0 Å². The zero-order chi connectivity index (χ0) is 22.9. The van der Waals surface area contributed by atoms with Crippen molar-refractivity contribution in [2.75, 3.05) is 6.54 Å². The van der Waals surface area contributed by atoms with Gasteiger partial charge in [0.15, 0.2) is 5.96 Å². The molecule has 0 amide bonds. The summed E-state index contributed by atoms with van der Waals surface area (Å²) in [6.07, 6.45) is 2.66. The molecule has 2 heterocycles. The second-order valence-corrected chi connectivity index (χ2v) is 7.99. The standard InChI is InChI=1S/C25H34N6O.HI/c1-6-26-25(29-18(2)14-23-19(3)30-31(5)20(23)4)28-16-22-12-13-27-24(15-22)32-17-21-10-8-7-9-11-21;/h7-13,15,18H,6,14,16-17H2,1-5H3,(H2,26,28,29);1H. The second kappa shape index (κ2) is 13.2. The van der Waals surface area contributed by atoms with E-state index in [1.54, 1.807) is 6.20 Å². The number of hydrogen-bond acceptors (Lipinski definition) is 4. The minimum absolute atomic E-state index is 0. The van der Waals surface area contributed by atoms with Gasteiger partial charge < -0.3 is 15.4 Å². The maximum atomic E-state index is 5.84. The number of ether oxygens (including phenoxy) is 1. The van der Waals surface area contributed by atoms with Crippen molar-refractivity contribution in [2.45, 2.75) is 53.3 Å². The lowest BCUT2D eigenvalue weighted by molar-refractivity contribution is 0.293. The van der Waals surface area contributed by atoms with Crippen LogP contribution in [0.15, 0.2) is 53.7 Å². The van der Waals surface area contributed by atoms with Crippen molar-refractivity contribution in [2.24, 2.45) is 12.0 Å². The summed E-state index contributed by atoms with van der Waals surface area (Å²) in [5, 5.41) is 11.4. The highest BCUT2D eigenvalue weighted by Crippen LogP contribution is 2.15. The Balaban J connectivity index is 0.00000385. The van der Waals surface area contributed by atoms with E-state index in [0.717, 1.165) is 35.7 Å². The van der Waals surface area contributed by atoms with E-state index >= 15 is 0 Å². The van der Waals surface area contributed by atoms with Gasteiger partial charge in [-0.25, -0.2) is 9.98 Å². The Kier molecular flexibility index (Phi) is 10.6. The smallest absolute Gasteiger partial charge is 0.213 e. The maximum absolute atomic E-state index is 5.84. The Labute approximate surface area is 214 Å². The summed E-state index contributed by atoms with van der Waals surface area (Å²) in [4.78, 5) is 9.09. The number of nitrogens with zero attached hydrogens (tertiary/aromatic N) is 4. The Bertz CT molecular complexity index is 1030. The van der Waals surface area contributed by atoms with Crippen LogP contribution >= 0.6 is 24.0 Å². The van der Waals surface area contributed by atoms with Crippen LogP contribution in [0.3, 0.4) is 0 Å². The van der Waals surface area contributed by atoms with Crippen LogP contribution in [0, 0.1) is 13.8 Å². The molecule has 7 nitrogen and oxygen atoms in total.